The van der Waals surface area contributed by atoms with Gasteiger partial charge in [-0.05, 0) is 59.4 Å². The molecule has 5 heteroatoms. The molecule has 0 aliphatic heterocycles. The smallest absolute Gasteiger partial charge is 0.172 e. The molecule has 4 N–H and O–H groups in total. The van der Waals surface area contributed by atoms with Gasteiger partial charge in [0.05, 0.1) is 11.1 Å². The van der Waals surface area contributed by atoms with E-state index in [2.05, 4.69) is 15.9 Å². The van der Waals surface area contributed by atoms with Crippen molar-refractivity contribution < 1.29 is 14.9 Å². The molecule has 0 spiro atoms. The number of nitrogens with two attached hydrogens (primary N) is 1. The van der Waals surface area contributed by atoms with Crippen molar-refractivity contribution in [3.63, 3.8) is 0 Å². The molecule has 1 unspecified atom stereocenters. The van der Waals surface area contributed by atoms with Gasteiger partial charge in [0.25, 0.3) is 0 Å². The number of rotatable bonds is 6. The van der Waals surface area contributed by atoms with Crippen LogP contribution in [0.5, 0.6) is 11.5 Å². The summed E-state index contributed by atoms with van der Waals surface area (Å²) in [6.45, 7) is 2.83. The SMILES string of the molecule is CCOc1cc(CC(CN)CO)cc(Br)c1O. The van der Waals surface area contributed by atoms with Gasteiger partial charge in [-0.2, -0.15) is 0 Å². The molecule has 1 atom stereocenters. The molecule has 1 aromatic rings. The Kier molecular flexibility index (Phi) is 5.74. The number of halogens is 1. The van der Waals surface area contributed by atoms with Crippen molar-refractivity contribution >= 4 is 15.9 Å². The number of ether oxygens (including phenoxy) is 1. The molecule has 0 aliphatic rings. The minimum atomic E-state index is 0.0286. The Balaban J connectivity index is 2.93. The zero-order valence-electron chi connectivity index (χ0n) is 9.82. The Morgan fingerprint density at radius 3 is 2.71 bits per heavy atom. The summed E-state index contributed by atoms with van der Waals surface area (Å²) in [5, 5.41) is 18.9. The van der Waals surface area contributed by atoms with Gasteiger partial charge in [0.2, 0.25) is 0 Å². The molecule has 0 heterocycles. The van der Waals surface area contributed by atoms with Gasteiger partial charge < -0.3 is 20.7 Å². The number of aliphatic hydroxyl groups is 1. The molecule has 0 saturated heterocycles. The van der Waals surface area contributed by atoms with Crippen LogP contribution in [0, 0.1) is 5.92 Å². The lowest BCUT2D eigenvalue weighted by molar-refractivity contribution is 0.229. The second kappa shape index (κ2) is 6.83. The first-order chi connectivity index (χ1) is 8.12. The summed E-state index contributed by atoms with van der Waals surface area (Å²) in [7, 11) is 0. The zero-order valence-corrected chi connectivity index (χ0v) is 11.4. The van der Waals surface area contributed by atoms with Crippen LogP contribution < -0.4 is 10.5 Å². The summed E-state index contributed by atoms with van der Waals surface area (Å²) in [5.41, 5.74) is 6.52. The van der Waals surface area contributed by atoms with Gasteiger partial charge in [0.15, 0.2) is 11.5 Å². The van der Waals surface area contributed by atoms with E-state index in [1.165, 1.54) is 0 Å². The van der Waals surface area contributed by atoms with Crippen LogP contribution in [0.2, 0.25) is 0 Å². The number of hydrogen-bond donors (Lipinski definition) is 3. The van der Waals surface area contributed by atoms with Crippen molar-refractivity contribution in [3.05, 3.63) is 22.2 Å². The summed E-state index contributed by atoms with van der Waals surface area (Å²) >= 11 is 3.28. The lowest BCUT2D eigenvalue weighted by Crippen LogP contribution is -2.20. The third-order valence-corrected chi connectivity index (χ3v) is 3.11. The molecule has 4 nitrogen and oxygen atoms in total. The third kappa shape index (κ3) is 3.87. The van der Waals surface area contributed by atoms with E-state index in [0.717, 1.165) is 5.56 Å². The number of benzene rings is 1. The highest BCUT2D eigenvalue weighted by molar-refractivity contribution is 9.10. The Labute approximate surface area is 110 Å². The van der Waals surface area contributed by atoms with Crippen LogP contribution in [0.4, 0.5) is 0 Å². The highest BCUT2D eigenvalue weighted by Crippen LogP contribution is 2.36. The average molecular weight is 304 g/mol. The van der Waals surface area contributed by atoms with Gasteiger partial charge in [-0.3, -0.25) is 0 Å². The predicted molar refractivity (Wildman–Crippen MR) is 70.3 cm³/mol. The molecule has 0 amide bonds. The fraction of sp³-hybridized carbons (Fsp3) is 0.500. The first kappa shape index (κ1) is 14.3. The normalized spacial score (nSPS) is 12.5. The molecule has 17 heavy (non-hydrogen) atoms. The minimum absolute atomic E-state index is 0.0286. The second-order valence-corrected chi connectivity index (χ2v) is 4.70. The third-order valence-electron chi connectivity index (χ3n) is 2.50. The van der Waals surface area contributed by atoms with Gasteiger partial charge in [-0.15, -0.1) is 0 Å². The van der Waals surface area contributed by atoms with E-state index >= 15 is 0 Å². The van der Waals surface area contributed by atoms with E-state index < -0.39 is 0 Å². The standard InChI is InChI=1S/C12H18BrNO3/c1-2-17-11-5-8(3-9(6-14)7-15)4-10(13)12(11)16/h4-5,9,15-16H,2-3,6-7,14H2,1H3. The molecule has 0 bridgehead atoms. The molecule has 0 aliphatic carbocycles. The number of phenolic OH excluding ortho intramolecular Hbond substituents is 1. The fourth-order valence-electron chi connectivity index (χ4n) is 1.57. The number of phenols is 1. The van der Waals surface area contributed by atoms with Crippen molar-refractivity contribution in [3.8, 4) is 11.5 Å². The molecule has 0 saturated carbocycles. The van der Waals surface area contributed by atoms with Gasteiger partial charge in [-0.25, -0.2) is 0 Å². The van der Waals surface area contributed by atoms with E-state index in [4.69, 9.17) is 15.6 Å². The summed E-state index contributed by atoms with van der Waals surface area (Å²) in [6, 6.07) is 3.60. The quantitative estimate of drug-likeness (QED) is 0.747. The molecule has 1 rings (SSSR count). The first-order valence-electron chi connectivity index (χ1n) is 5.57. The van der Waals surface area contributed by atoms with Gasteiger partial charge in [0, 0.05) is 6.61 Å². The van der Waals surface area contributed by atoms with Gasteiger partial charge >= 0.3 is 0 Å². The van der Waals surface area contributed by atoms with Gasteiger partial charge in [-0.1, -0.05) is 0 Å². The van der Waals surface area contributed by atoms with Crippen LogP contribution in [0.3, 0.4) is 0 Å². The Morgan fingerprint density at radius 2 is 2.18 bits per heavy atom. The summed E-state index contributed by atoms with van der Waals surface area (Å²) in [4.78, 5) is 0. The molecule has 0 fully saturated rings. The predicted octanol–water partition coefficient (Wildman–Crippen LogP) is 1.66. The van der Waals surface area contributed by atoms with E-state index in [0.29, 0.717) is 29.8 Å². The van der Waals surface area contributed by atoms with E-state index in [1.54, 1.807) is 6.07 Å². The number of aromatic hydroxyl groups is 1. The molecule has 0 aromatic heterocycles. The minimum Gasteiger partial charge on any atom is -0.503 e. The zero-order chi connectivity index (χ0) is 12.8. The highest BCUT2D eigenvalue weighted by Gasteiger charge is 2.12. The average Bonchev–Trinajstić information content (AvgIpc) is 2.32. The van der Waals surface area contributed by atoms with Crippen LogP contribution in [0.25, 0.3) is 0 Å². The Bertz CT molecular complexity index is 367. The van der Waals surface area contributed by atoms with Crippen molar-refractivity contribution in [1.29, 1.82) is 0 Å². The first-order valence-corrected chi connectivity index (χ1v) is 6.36. The fourth-order valence-corrected chi connectivity index (χ4v) is 2.06. The maximum absolute atomic E-state index is 9.76. The van der Waals surface area contributed by atoms with E-state index in [9.17, 15) is 5.11 Å². The van der Waals surface area contributed by atoms with Crippen LogP contribution >= 0.6 is 15.9 Å². The van der Waals surface area contributed by atoms with Crippen LogP contribution in [0.15, 0.2) is 16.6 Å². The topological polar surface area (TPSA) is 75.7 Å². The van der Waals surface area contributed by atoms with Crippen molar-refractivity contribution in [1.82, 2.24) is 0 Å². The maximum atomic E-state index is 9.76. The lowest BCUT2D eigenvalue weighted by Gasteiger charge is -2.14. The molecular weight excluding hydrogens is 286 g/mol. The second-order valence-electron chi connectivity index (χ2n) is 3.85. The molecular formula is C12H18BrNO3. The molecule has 1 aromatic carbocycles. The number of aliphatic hydroxyl groups excluding tert-OH is 1. The van der Waals surface area contributed by atoms with E-state index in [1.807, 2.05) is 13.0 Å². The largest absolute Gasteiger partial charge is 0.503 e. The lowest BCUT2D eigenvalue weighted by atomic mass is 10.00. The maximum Gasteiger partial charge on any atom is 0.172 e. The molecule has 96 valence electrons. The van der Waals surface area contributed by atoms with Crippen molar-refractivity contribution in [2.45, 2.75) is 13.3 Å². The van der Waals surface area contributed by atoms with Crippen LogP contribution in [-0.2, 0) is 6.42 Å². The Hall–Kier alpha value is -0.780. The summed E-state index contributed by atoms with van der Waals surface area (Å²) in [5.74, 6) is 0.579. The van der Waals surface area contributed by atoms with E-state index in [-0.39, 0.29) is 18.3 Å². The molecule has 0 radical (unpaired) electrons. The monoisotopic (exact) mass is 303 g/mol. The number of hydrogen-bond acceptors (Lipinski definition) is 4. The van der Waals surface area contributed by atoms with Crippen LogP contribution in [-0.4, -0.2) is 30.0 Å². The van der Waals surface area contributed by atoms with Crippen molar-refractivity contribution in [2.75, 3.05) is 19.8 Å². The summed E-state index contributed by atoms with van der Waals surface area (Å²) < 4.78 is 5.92. The highest BCUT2D eigenvalue weighted by atomic mass is 79.9. The Morgan fingerprint density at radius 1 is 1.47 bits per heavy atom. The van der Waals surface area contributed by atoms with Crippen LogP contribution in [0.1, 0.15) is 12.5 Å². The van der Waals surface area contributed by atoms with Crippen molar-refractivity contribution in [2.24, 2.45) is 11.7 Å². The van der Waals surface area contributed by atoms with Gasteiger partial charge in [0.1, 0.15) is 0 Å². The summed E-state index contributed by atoms with van der Waals surface area (Å²) in [6.07, 6.45) is 0.659.